The largest absolute Gasteiger partial charge is 0.490 e. The monoisotopic (exact) mass is 392 g/mol. The van der Waals surface area contributed by atoms with E-state index in [0.717, 1.165) is 29.7 Å². The Bertz CT molecular complexity index is 1000. The predicted octanol–water partition coefficient (Wildman–Crippen LogP) is 4.10. The van der Waals surface area contributed by atoms with E-state index < -0.39 is 5.91 Å². The van der Waals surface area contributed by atoms with Crippen LogP contribution in [0, 0.1) is 0 Å². The van der Waals surface area contributed by atoms with Crippen molar-refractivity contribution in [2.75, 3.05) is 0 Å². The Morgan fingerprint density at radius 1 is 1.11 bits per heavy atom. The third-order valence-corrected chi connectivity index (χ3v) is 4.35. The molecule has 1 aromatic heterocycles. The molecule has 0 spiro atoms. The lowest BCUT2D eigenvalue weighted by Gasteiger charge is -2.06. The lowest BCUT2D eigenvalue weighted by Crippen LogP contribution is -2.19. The molecule has 0 atom stereocenters. The molecule has 2 aromatic carbocycles. The SMILES string of the molecule is O=C(N/N=C/c1ccc(Cl)cc1)c1cncc(-c2ccc(OC3CC3)cc2)n1. The lowest BCUT2D eigenvalue weighted by atomic mass is 10.1. The fourth-order valence-corrected chi connectivity index (χ4v) is 2.59. The number of carbonyl (C=O) groups excluding carboxylic acids is 1. The number of nitrogens with one attached hydrogen (secondary N) is 1. The molecule has 1 heterocycles. The second-order valence-electron chi connectivity index (χ2n) is 6.38. The first-order valence-corrected chi connectivity index (χ1v) is 9.23. The Labute approximate surface area is 167 Å². The number of ether oxygens (including phenoxy) is 1. The van der Waals surface area contributed by atoms with Gasteiger partial charge in [-0.3, -0.25) is 9.78 Å². The molecular formula is C21H17ClN4O2. The van der Waals surface area contributed by atoms with Gasteiger partial charge in [-0.15, -0.1) is 0 Å². The molecule has 1 fully saturated rings. The van der Waals surface area contributed by atoms with Gasteiger partial charge in [0.1, 0.15) is 11.4 Å². The van der Waals surface area contributed by atoms with Crippen LogP contribution in [-0.4, -0.2) is 28.2 Å². The average Bonchev–Trinajstić information content (AvgIpc) is 3.54. The van der Waals surface area contributed by atoms with Gasteiger partial charge in [-0.2, -0.15) is 5.10 Å². The van der Waals surface area contributed by atoms with E-state index >= 15 is 0 Å². The molecule has 1 aliphatic rings. The number of aromatic nitrogens is 2. The molecule has 7 heteroatoms. The molecule has 0 saturated heterocycles. The molecule has 140 valence electrons. The van der Waals surface area contributed by atoms with E-state index in [9.17, 15) is 4.79 Å². The minimum Gasteiger partial charge on any atom is -0.490 e. The molecule has 28 heavy (non-hydrogen) atoms. The van der Waals surface area contributed by atoms with Crippen LogP contribution in [0.5, 0.6) is 5.75 Å². The number of hydrogen-bond donors (Lipinski definition) is 1. The van der Waals surface area contributed by atoms with Crippen molar-refractivity contribution in [3.05, 3.63) is 77.2 Å². The summed E-state index contributed by atoms with van der Waals surface area (Å²) in [5, 5.41) is 4.58. The van der Waals surface area contributed by atoms with Crippen LogP contribution in [0.25, 0.3) is 11.3 Å². The molecule has 0 aliphatic heterocycles. The van der Waals surface area contributed by atoms with E-state index in [0.29, 0.717) is 16.8 Å². The normalized spacial score (nSPS) is 13.5. The molecule has 1 amide bonds. The maximum atomic E-state index is 12.3. The second kappa shape index (κ2) is 8.19. The van der Waals surface area contributed by atoms with Gasteiger partial charge >= 0.3 is 0 Å². The molecule has 6 nitrogen and oxygen atoms in total. The van der Waals surface area contributed by atoms with Gasteiger partial charge in [-0.25, -0.2) is 10.4 Å². The summed E-state index contributed by atoms with van der Waals surface area (Å²) in [5.74, 6) is 0.401. The summed E-state index contributed by atoms with van der Waals surface area (Å²) in [7, 11) is 0. The molecule has 0 unspecified atom stereocenters. The van der Waals surface area contributed by atoms with Crippen molar-refractivity contribution in [1.29, 1.82) is 0 Å². The highest BCUT2D eigenvalue weighted by molar-refractivity contribution is 6.30. The molecule has 1 saturated carbocycles. The van der Waals surface area contributed by atoms with E-state index in [1.807, 2.05) is 24.3 Å². The summed E-state index contributed by atoms with van der Waals surface area (Å²) >= 11 is 5.84. The highest BCUT2D eigenvalue weighted by Gasteiger charge is 2.23. The van der Waals surface area contributed by atoms with Crippen molar-refractivity contribution in [1.82, 2.24) is 15.4 Å². The van der Waals surface area contributed by atoms with Gasteiger partial charge in [0, 0.05) is 10.6 Å². The van der Waals surface area contributed by atoms with Gasteiger partial charge in [0.15, 0.2) is 0 Å². The number of rotatable bonds is 6. The van der Waals surface area contributed by atoms with Crippen molar-refractivity contribution in [3.8, 4) is 17.0 Å². The minimum absolute atomic E-state index is 0.184. The predicted molar refractivity (Wildman–Crippen MR) is 108 cm³/mol. The van der Waals surface area contributed by atoms with Gasteiger partial charge in [-0.05, 0) is 54.8 Å². The highest BCUT2D eigenvalue weighted by atomic mass is 35.5. The average molecular weight is 393 g/mol. The van der Waals surface area contributed by atoms with Crippen LogP contribution >= 0.6 is 11.6 Å². The van der Waals surface area contributed by atoms with Crippen LogP contribution in [0.2, 0.25) is 5.02 Å². The van der Waals surface area contributed by atoms with E-state index in [1.54, 1.807) is 30.5 Å². The van der Waals surface area contributed by atoms with Crippen molar-refractivity contribution < 1.29 is 9.53 Å². The first-order valence-electron chi connectivity index (χ1n) is 8.85. The van der Waals surface area contributed by atoms with E-state index in [2.05, 4.69) is 20.5 Å². The summed E-state index contributed by atoms with van der Waals surface area (Å²) < 4.78 is 5.74. The fourth-order valence-electron chi connectivity index (χ4n) is 2.47. The van der Waals surface area contributed by atoms with Crippen LogP contribution < -0.4 is 10.2 Å². The Morgan fingerprint density at radius 2 is 1.86 bits per heavy atom. The molecular weight excluding hydrogens is 376 g/mol. The third kappa shape index (κ3) is 4.72. The highest BCUT2D eigenvalue weighted by Crippen LogP contribution is 2.28. The number of nitrogens with zero attached hydrogens (tertiary/aromatic N) is 3. The second-order valence-corrected chi connectivity index (χ2v) is 6.82. The van der Waals surface area contributed by atoms with Crippen molar-refractivity contribution in [2.24, 2.45) is 5.10 Å². The Hall–Kier alpha value is -3.25. The maximum Gasteiger partial charge on any atom is 0.291 e. The molecule has 4 rings (SSSR count). The number of carbonyl (C=O) groups is 1. The summed E-state index contributed by atoms with van der Waals surface area (Å²) in [6.07, 6.45) is 7.14. The molecule has 1 N–H and O–H groups in total. The zero-order valence-corrected chi connectivity index (χ0v) is 15.6. The quantitative estimate of drug-likeness (QED) is 0.506. The number of amides is 1. The first-order chi connectivity index (χ1) is 13.7. The summed E-state index contributed by atoms with van der Waals surface area (Å²) in [4.78, 5) is 20.8. The first kappa shape index (κ1) is 18.1. The number of halogens is 1. The van der Waals surface area contributed by atoms with Gasteiger partial charge in [-0.1, -0.05) is 23.7 Å². The Balaban J connectivity index is 1.42. The Kier molecular flexibility index (Phi) is 5.30. The smallest absolute Gasteiger partial charge is 0.291 e. The van der Waals surface area contributed by atoms with Crippen LogP contribution in [-0.2, 0) is 0 Å². The fraction of sp³-hybridized carbons (Fsp3) is 0.143. The van der Waals surface area contributed by atoms with Gasteiger partial charge < -0.3 is 4.74 Å². The van der Waals surface area contributed by atoms with Gasteiger partial charge in [0.2, 0.25) is 0 Å². The molecule has 0 radical (unpaired) electrons. The molecule has 3 aromatic rings. The molecule has 0 bridgehead atoms. The van der Waals surface area contributed by atoms with E-state index in [1.165, 1.54) is 12.4 Å². The van der Waals surface area contributed by atoms with Crippen LogP contribution in [0.1, 0.15) is 28.9 Å². The van der Waals surface area contributed by atoms with Gasteiger partial charge in [0.25, 0.3) is 5.91 Å². The van der Waals surface area contributed by atoms with E-state index in [-0.39, 0.29) is 5.69 Å². The standard InChI is InChI=1S/C21H17ClN4O2/c22-16-5-1-14(2-6-16)11-24-26-21(27)20-13-23-12-19(25-20)15-3-7-17(8-4-15)28-18-9-10-18/h1-8,11-13,18H,9-10H2,(H,26,27)/b24-11+. The maximum absolute atomic E-state index is 12.3. The van der Waals surface area contributed by atoms with Crippen molar-refractivity contribution in [3.63, 3.8) is 0 Å². The topological polar surface area (TPSA) is 76.5 Å². The zero-order valence-electron chi connectivity index (χ0n) is 14.9. The van der Waals surface area contributed by atoms with Crippen molar-refractivity contribution in [2.45, 2.75) is 18.9 Å². The summed E-state index contributed by atoms with van der Waals surface area (Å²) in [6.45, 7) is 0. The minimum atomic E-state index is -0.437. The van der Waals surface area contributed by atoms with E-state index in [4.69, 9.17) is 16.3 Å². The Morgan fingerprint density at radius 3 is 2.57 bits per heavy atom. The van der Waals surface area contributed by atoms with Gasteiger partial charge in [0.05, 0.1) is 30.4 Å². The summed E-state index contributed by atoms with van der Waals surface area (Å²) in [6, 6.07) is 14.7. The zero-order chi connectivity index (χ0) is 19.3. The van der Waals surface area contributed by atoms with Crippen LogP contribution in [0.4, 0.5) is 0 Å². The molecule has 1 aliphatic carbocycles. The van der Waals surface area contributed by atoms with Crippen LogP contribution in [0.3, 0.4) is 0 Å². The number of hydrazone groups is 1. The number of hydrogen-bond acceptors (Lipinski definition) is 5. The van der Waals surface area contributed by atoms with Crippen molar-refractivity contribution >= 4 is 23.7 Å². The van der Waals surface area contributed by atoms with Crippen LogP contribution in [0.15, 0.2) is 66.0 Å². The third-order valence-electron chi connectivity index (χ3n) is 4.09. The lowest BCUT2D eigenvalue weighted by molar-refractivity contribution is 0.0950. The summed E-state index contributed by atoms with van der Waals surface area (Å²) in [5.41, 5.74) is 4.92. The number of benzene rings is 2.